The summed E-state index contributed by atoms with van der Waals surface area (Å²) >= 11 is 0. The van der Waals surface area contributed by atoms with Crippen LogP contribution in [0.3, 0.4) is 0 Å². The van der Waals surface area contributed by atoms with Crippen LogP contribution in [0.15, 0.2) is 42.7 Å². The first kappa shape index (κ1) is 15.4. The van der Waals surface area contributed by atoms with Crippen molar-refractivity contribution in [2.75, 3.05) is 7.11 Å². The van der Waals surface area contributed by atoms with Crippen LogP contribution >= 0.6 is 0 Å². The highest BCUT2D eigenvalue weighted by Crippen LogP contribution is 2.32. The lowest BCUT2D eigenvalue weighted by Gasteiger charge is -2.36. The van der Waals surface area contributed by atoms with Gasteiger partial charge in [-0.1, -0.05) is 12.1 Å². The molecule has 0 spiro atoms. The van der Waals surface area contributed by atoms with Crippen LogP contribution in [0.1, 0.15) is 33.6 Å². The number of hydrogen-bond acceptors (Lipinski definition) is 4. The smallest absolute Gasteiger partial charge is 0.272 e. The van der Waals surface area contributed by atoms with Crippen LogP contribution in [0.5, 0.6) is 5.75 Å². The molecule has 0 radical (unpaired) electrons. The van der Waals surface area contributed by atoms with Crippen molar-refractivity contribution in [3.05, 3.63) is 65.5 Å². The second kappa shape index (κ2) is 6.08. The fraction of sp³-hybridized carbons (Fsp3) is 0.278. The molecule has 0 saturated heterocycles. The number of fused-ring (bicyclic) bond motifs is 1. The molecule has 2 aromatic heterocycles. The number of ether oxygens (including phenoxy) is 1. The second-order valence-electron chi connectivity index (χ2n) is 6.12. The molecule has 0 saturated carbocycles. The summed E-state index contributed by atoms with van der Waals surface area (Å²) in [6.07, 6.45) is 3.44. The standard InChI is InChI=1S/C18H19N5O2/c1-12-9-19-17-11-23(18(24)15-6-7-20-21-15)16(10-22(12)17)13-4-3-5-14(8-13)25-2/h3-9,16H,10-11H2,1-2H3,(H,20,21)/t16-/m0/s1. The molecule has 128 valence electrons. The van der Waals surface area contributed by atoms with E-state index in [1.807, 2.05) is 42.3 Å². The molecule has 7 nitrogen and oxygen atoms in total. The summed E-state index contributed by atoms with van der Waals surface area (Å²) in [6.45, 7) is 3.15. The first-order valence-corrected chi connectivity index (χ1v) is 8.12. The summed E-state index contributed by atoms with van der Waals surface area (Å²) in [5, 5.41) is 6.66. The Bertz CT molecular complexity index is 900. The maximum atomic E-state index is 13.0. The Balaban J connectivity index is 1.77. The zero-order valence-corrected chi connectivity index (χ0v) is 14.1. The molecule has 3 heterocycles. The molecular weight excluding hydrogens is 318 g/mol. The third-order valence-electron chi connectivity index (χ3n) is 4.65. The predicted molar refractivity (Wildman–Crippen MR) is 91.2 cm³/mol. The van der Waals surface area contributed by atoms with Crippen LogP contribution in [0, 0.1) is 6.92 Å². The summed E-state index contributed by atoms with van der Waals surface area (Å²) < 4.78 is 7.52. The number of methoxy groups -OCH3 is 1. The first-order chi connectivity index (χ1) is 12.2. The molecule has 0 aliphatic carbocycles. The molecule has 25 heavy (non-hydrogen) atoms. The zero-order chi connectivity index (χ0) is 17.4. The second-order valence-corrected chi connectivity index (χ2v) is 6.12. The fourth-order valence-corrected chi connectivity index (χ4v) is 3.30. The van der Waals surface area contributed by atoms with E-state index in [2.05, 4.69) is 19.7 Å². The van der Waals surface area contributed by atoms with Gasteiger partial charge in [0.25, 0.3) is 5.91 Å². The summed E-state index contributed by atoms with van der Waals surface area (Å²) in [4.78, 5) is 19.3. The molecule has 1 aliphatic heterocycles. The fourth-order valence-electron chi connectivity index (χ4n) is 3.30. The molecular formula is C18H19N5O2. The van der Waals surface area contributed by atoms with Crippen LogP contribution in [-0.4, -0.2) is 37.7 Å². The third kappa shape index (κ3) is 2.67. The summed E-state index contributed by atoms with van der Waals surface area (Å²) in [5.41, 5.74) is 2.60. The number of H-pyrrole nitrogens is 1. The molecule has 1 aliphatic rings. The highest BCUT2D eigenvalue weighted by molar-refractivity contribution is 5.92. The molecule has 3 aromatic rings. The first-order valence-electron chi connectivity index (χ1n) is 8.12. The van der Waals surface area contributed by atoms with Crippen molar-refractivity contribution in [2.24, 2.45) is 0 Å². The van der Waals surface area contributed by atoms with Gasteiger partial charge in [-0.15, -0.1) is 0 Å². The number of aromatic amines is 1. The number of amides is 1. The number of aryl methyl sites for hydroxylation is 1. The van der Waals surface area contributed by atoms with Crippen molar-refractivity contribution in [1.82, 2.24) is 24.6 Å². The molecule has 0 fully saturated rings. The van der Waals surface area contributed by atoms with E-state index in [9.17, 15) is 4.79 Å². The van der Waals surface area contributed by atoms with Gasteiger partial charge in [0.15, 0.2) is 0 Å². The van der Waals surface area contributed by atoms with Gasteiger partial charge in [-0.25, -0.2) is 4.98 Å². The predicted octanol–water partition coefficient (Wildman–Crippen LogP) is 2.32. The zero-order valence-electron chi connectivity index (χ0n) is 14.1. The Hall–Kier alpha value is -3.09. The maximum Gasteiger partial charge on any atom is 0.272 e. The Morgan fingerprint density at radius 1 is 1.36 bits per heavy atom. The Morgan fingerprint density at radius 3 is 3.00 bits per heavy atom. The number of nitrogens with one attached hydrogen (secondary N) is 1. The molecule has 1 atom stereocenters. The van der Waals surface area contributed by atoms with Gasteiger partial charge in [0, 0.05) is 24.6 Å². The van der Waals surface area contributed by atoms with Crippen LogP contribution < -0.4 is 4.74 Å². The van der Waals surface area contributed by atoms with Gasteiger partial charge in [-0.2, -0.15) is 5.10 Å². The number of aromatic nitrogens is 4. The largest absolute Gasteiger partial charge is 0.497 e. The summed E-state index contributed by atoms with van der Waals surface area (Å²) in [5.74, 6) is 1.58. The minimum absolute atomic E-state index is 0.0859. The van der Waals surface area contributed by atoms with Gasteiger partial charge >= 0.3 is 0 Å². The minimum Gasteiger partial charge on any atom is -0.497 e. The lowest BCUT2D eigenvalue weighted by atomic mass is 10.0. The molecule has 1 N–H and O–H groups in total. The number of imidazole rings is 1. The van der Waals surface area contributed by atoms with Crippen molar-refractivity contribution in [2.45, 2.75) is 26.1 Å². The number of benzene rings is 1. The minimum atomic E-state index is -0.105. The highest BCUT2D eigenvalue weighted by Gasteiger charge is 2.33. The van der Waals surface area contributed by atoms with Gasteiger partial charge in [-0.05, 0) is 30.7 Å². The SMILES string of the molecule is COc1cccc([C@@H]2Cn3c(C)cnc3CN2C(=O)c2ccn[nH]2)c1. The molecule has 1 amide bonds. The lowest BCUT2D eigenvalue weighted by Crippen LogP contribution is -2.41. The van der Waals surface area contributed by atoms with E-state index in [4.69, 9.17) is 4.74 Å². The Labute approximate surface area is 145 Å². The van der Waals surface area contributed by atoms with Gasteiger partial charge in [0.2, 0.25) is 0 Å². The third-order valence-corrected chi connectivity index (χ3v) is 4.65. The normalized spacial score (nSPS) is 16.6. The van der Waals surface area contributed by atoms with Crippen molar-refractivity contribution in [3.8, 4) is 5.75 Å². The topological polar surface area (TPSA) is 76.0 Å². The van der Waals surface area contributed by atoms with E-state index in [1.54, 1.807) is 19.4 Å². The van der Waals surface area contributed by atoms with Crippen molar-refractivity contribution in [3.63, 3.8) is 0 Å². The number of carbonyl (C=O) groups is 1. The van der Waals surface area contributed by atoms with Crippen LogP contribution in [-0.2, 0) is 13.1 Å². The number of carbonyl (C=O) groups excluding carboxylic acids is 1. The van der Waals surface area contributed by atoms with Crippen LogP contribution in [0.2, 0.25) is 0 Å². The molecule has 4 rings (SSSR count). The Morgan fingerprint density at radius 2 is 2.24 bits per heavy atom. The van der Waals surface area contributed by atoms with Crippen molar-refractivity contribution < 1.29 is 9.53 Å². The monoisotopic (exact) mass is 337 g/mol. The van der Waals surface area contributed by atoms with Gasteiger partial charge in [0.1, 0.15) is 17.3 Å². The average Bonchev–Trinajstić information content (AvgIpc) is 3.30. The van der Waals surface area contributed by atoms with Crippen molar-refractivity contribution in [1.29, 1.82) is 0 Å². The quantitative estimate of drug-likeness (QED) is 0.796. The van der Waals surface area contributed by atoms with Crippen LogP contribution in [0.4, 0.5) is 0 Å². The molecule has 0 unspecified atom stereocenters. The van der Waals surface area contributed by atoms with E-state index in [0.717, 1.165) is 22.8 Å². The molecule has 7 heteroatoms. The molecule has 0 bridgehead atoms. The molecule has 1 aromatic carbocycles. The summed E-state index contributed by atoms with van der Waals surface area (Å²) in [7, 11) is 1.64. The average molecular weight is 337 g/mol. The number of hydrogen-bond donors (Lipinski definition) is 1. The number of rotatable bonds is 3. The summed E-state index contributed by atoms with van der Waals surface area (Å²) in [6, 6.07) is 9.45. The van der Waals surface area contributed by atoms with Gasteiger partial charge in [-0.3, -0.25) is 9.89 Å². The highest BCUT2D eigenvalue weighted by atomic mass is 16.5. The van der Waals surface area contributed by atoms with E-state index in [0.29, 0.717) is 18.8 Å². The van der Waals surface area contributed by atoms with E-state index in [1.165, 1.54) is 0 Å². The Kier molecular flexibility index (Phi) is 3.76. The maximum absolute atomic E-state index is 13.0. The van der Waals surface area contributed by atoms with Crippen molar-refractivity contribution >= 4 is 5.91 Å². The number of nitrogens with zero attached hydrogens (tertiary/aromatic N) is 4. The van der Waals surface area contributed by atoms with E-state index >= 15 is 0 Å². The van der Waals surface area contributed by atoms with Gasteiger partial charge < -0.3 is 14.2 Å². The lowest BCUT2D eigenvalue weighted by molar-refractivity contribution is 0.0576. The van der Waals surface area contributed by atoms with E-state index < -0.39 is 0 Å². The van der Waals surface area contributed by atoms with E-state index in [-0.39, 0.29) is 11.9 Å². The van der Waals surface area contributed by atoms with Crippen LogP contribution in [0.25, 0.3) is 0 Å². The van der Waals surface area contributed by atoms with Gasteiger partial charge in [0.05, 0.1) is 19.7 Å².